The number of halogens is 2. The maximum absolute atomic E-state index is 13.0. The molecule has 0 aromatic heterocycles. The van der Waals surface area contributed by atoms with Crippen LogP contribution in [-0.4, -0.2) is 29.8 Å². The highest BCUT2D eigenvalue weighted by Gasteiger charge is 2.28. The van der Waals surface area contributed by atoms with Gasteiger partial charge in [0.1, 0.15) is 5.82 Å². The number of carbonyl (C=O) groups excluding carboxylic acids is 2. The van der Waals surface area contributed by atoms with E-state index in [0.717, 1.165) is 18.4 Å². The van der Waals surface area contributed by atoms with Crippen molar-refractivity contribution in [3.8, 4) is 0 Å². The fraction of sp³-hybridized carbons (Fsp3) is 0.300. The number of nitrogens with zero attached hydrogens (tertiary/aromatic N) is 1. The molecule has 1 saturated heterocycles. The standard InChI is InChI=1S/C20H20ClFN2O2/c21-17-7-3-14(4-8-17)12-23-19(25)16-2-1-11-24(13-16)20(26)15-5-9-18(22)10-6-15/h3-10,16H,1-2,11-13H2,(H,23,25)/t16-/m1/s1. The van der Waals surface area contributed by atoms with Crippen LogP contribution in [0.3, 0.4) is 0 Å². The first-order chi connectivity index (χ1) is 12.5. The van der Waals surface area contributed by atoms with E-state index in [1.54, 1.807) is 17.0 Å². The van der Waals surface area contributed by atoms with E-state index in [9.17, 15) is 14.0 Å². The molecule has 1 aliphatic heterocycles. The highest BCUT2D eigenvalue weighted by atomic mass is 35.5. The van der Waals surface area contributed by atoms with E-state index >= 15 is 0 Å². The van der Waals surface area contributed by atoms with Crippen LogP contribution in [0.25, 0.3) is 0 Å². The Hall–Kier alpha value is -2.40. The Morgan fingerprint density at radius 2 is 1.81 bits per heavy atom. The predicted octanol–water partition coefficient (Wildman–Crippen LogP) is 3.65. The molecule has 2 aromatic rings. The van der Waals surface area contributed by atoms with Crippen LogP contribution in [0, 0.1) is 11.7 Å². The van der Waals surface area contributed by atoms with Gasteiger partial charge < -0.3 is 10.2 Å². The molecule has 3 rings (SSSR count). The Bertz CT molecular complexity index is 777. The Kier molecular flexibility index (Phi) is 5.89. The molecule has 0 saturated carbocycles. The predicted molar refractivity (Wildman–Crippen MR) is 98.3 cm³/mol. The van der Waals surface area contributed by atoms with Gasteiger partial charge in [-0.15, -0.1) is 0 Å². The van der Waals surface area contributed by atoms with Crippen LogP contribution in [-0.2, 0) is 11.3 Å². The van der Waals surface area contributed by atoms with Crippen molar-refractivity contribution >= 4 is 23.4 Å². The highest BCUT2D eigenvalue weighted by molar-refractivity contribution is 6.30. The Labute approximate surface area is 157 Å². The van der Waals surface area contributed by atoms with Crippen molar-refractivity contribution < 1.29 is 14.0 Å². The van der Waals surface area contributed by atoms with E-state index in [-0.39, 0.29) is 23.5 Å². The summed E-state index contributed by atoms with van der Waals surface area (Å²) in [7, 11) is 0. The molecule has 1 fully saturated rings. The van der Waals surface area contributed by atoms with Crippen molar-refractivity contribution in [3.63, 3.8) is 0 Å². The molecule has 0 radical (unpaired) electrons. The van der Waals surface area contributed by atoms with Crippen molar-refractivity contribution in [2.75, 3.05) is 13.1 Å². The summed E-state index contributed by atoms with van der Waals surface area (Å²) in [6.45, 7) is 1.41. The SMILES string of the molecule is O=C(NCc1ccc(Cl)cc1)[C@@H]1CCCN(C(=O)c2ccc(F)cc2)C1. The van der Waals surface area contributed by atoms with Crippen molar-refractivity contribution in [1.29, 1.82) is 0 Å². The van der Waals surface area contributed by atoms with E-state index in [2.05, 4.69) is 5.32 Å². The summed E-state index contributed by atoms with van der Waals surface area (Å²) in [4.78, 5) is 26.7. The smallest absolute Gasteiger partial charge is 0.253 e. The lowest BCUT2D eigenvalue weighted by Gasteiger charge is -2.32. The zero-order valence-corrected chi connectivity index (χ0v) is 15.0. The number of hydrogen-bond acceptors (Lipinski definition) is 2. The van der Waals surface area contributed by atoms with Gasteiger partial charge >= 0.3 is 0 Å². The van der Waals surface area contributed by atoms with Crippen LogP contribution in [0.15, 0.2) is 48.5 Å². The van der Waals surface area contributed by atoms with Crippen LogP contribution in [0.2, 0.25) is 5.02 Å². The van der Waals surface area contributed by atoms with Crippen molar-refractivity contribution in [2.24, 2.45) is 5.92 Å². The number of piperidine rings is 1. The van der Waals surface area contributed by atoms with Crippen LogP contribution in [0.4, 0.5) is 4.39 Å². The van der Waals surface area contributed by atoms with Gasteiger partial charge in [-0.2, -0.15) is 0 Å². The lowest BCUT2D eigenvalue weighted by molar-refractivity contribution is -0.126. The molecule has 136 valence electrons. The van der Waals surface area contributed by atoms with E-state index in [4.69, 9.17) is 11.6 Å². The molecule has 1 heterocycles. The molecule has 0 bridgehead atoms. The van der Waals surface area contributed by atoms with Crippen molar-refractivity contribution in [1.82, 2.24) is 10.2 Å². The minimum absolute atomic E-state index is 0.0587. The second-order valence-corrected chi connectivity index (χ2v) is 6.88. The van der Waals surface area contributed by atoms with Gasteiger partial charge in [0, 0.05) is 30.2 Å². The fourth-order valence-electron chi connectivity index (χ4n) is 3.09. The average Bonchev–Trinajstić information content (AvgIpc) is 2.67. The van der Waals surface area contributed by atoms with Crippen LogP contribution >= 0.6 is 11.6 Å². The maximum atomic E-state index is 13.0. The maximum Gasteiger partial charge on any atom is 0.253 e. The molecule has 1 atom stereocenters. The van der Waals surface area contributed by atoms with Crippen LogP contribution in [0.1, 0.15) is 28.8 Å². The minimum Gasteiger partial charge on any atom is -0.352 e. The molecule has 1 N–H and O–H groups in total. The molecular formula is C20H20ClFN2O2. The van der Waals surface area contributed by atoms with Crippen molar-refractivity contribution in [3.05, 3.63) is 70.5 Å². The summed E-state index contributed by atoms with van der Waals surface area (Å²) in [5.41, 5.74) is 1.41. The van der Waals surface area contributed by atoms with Crippen LogP contribution < -0.4 is 5.32 Å². The molecule has 2 aromatic carbocycles. The van der Waals surface area contributed by atoms with Gasteiger partial charge in [-0.05, 0) is 54.8 Å². The Morgan fingerprint density at radius 1 is 1.12 bits per heavy atom. The van der Waals surface area contributed by atoms with Gasteiger partial charge in [0.2, 0.25) is 5.91 Å². The van der Waals surface area contributed by atoms with Gasteiger partial charge in [-0.25, -0.2) is 4.39 Å². The Balaban J connectivity index is 1.57. The molecule has 2 amide bonds. The third kappa shape index (κ3) is 4.61. The van der Waals surface area contributed by atoms with Gasteiger partial charge in [-0.1, -0.05) is 23.7 Å². The lowest BCUT2D eigenvalue weighted by atomic mass is 9.96. The second kappa shape index (κ2) is 8.32. The summed E-state index contributed by atoms with van der Waals surface area (Å²) in [6.07, 6.45) is 1.52. The molecule has 1 aliphatic rings. The molecular weight excluding hydrogens is 355 g/mol. The lowest BCUT2D eigenvalue weighted by Crippen LogP contribution is -2.45. The second-order valence-electron chi connectivity index (χ2n) is 6.44. The highest BCUT2D eigenvalue weighted by Crippen LogP contribution is 2.19. The number of nitrogens with one attached hydrogen (secondary N) is 1. The number of carbonyl (C=O) groups is 2. The Morgan fingerprint density at radius 3 is 2.50 bits per heavy atom. The van der Waals surface area contributed by atoms with Crippen LogP contribution in [0.5, 0.6) is 0 Å². The minimum atomic E-state index is -0.375. The quantitative estimate of drug-likeness (QED) is 0.888. The molecule has 26 heavy (non-hydrogen) atoms. The monoisotopic (exact) mass is 374 g/mol. The molecule has 0 aliphatic carbocycles. The first kappa shape index (κ1) is 18.4. The molecule has 0 spiro atoms. The summed E-state index contributed by atoms with van der Waals surface area (Å²) in [5, 5.41) is 3.58. The number of benzene rings is 2. The number of amides is 2. The van der Waals surface area contributed by atoms with Gasteiger partial charge in [0.25, 0.3) is 5.91 Å². The van der Waals surface area contributed by atoms with E-state index < -0.39 is 0 Å². The van der Waals surface area contributed by atoms with Crippen molar-refractivity contribution in [2.45, 2.75) is 19.4 Å². The normalized spacial score (nSPS) is 17.0. The van der Waals surface area contributed by atoms with Gasteiger partial charge in [0.15, 0.2) is 0 Å². The summed E-state index contributed by atoms with van der Waals surface area (Å²) < 4.78 is 13.0. The van der Waals surface area contributed by atoms with E-state index in [0.29, 0.717) is 30.2 Å². The third-order valence-electron chi connectivity index (χ3n) is 4.55. The summed E-state index contributed by atoms with van der Waals surface area (Å²) in [6, 6.07) is 12.8. The molecule has 0 unspecified atom stereocenters. The fourth-order valence-corrected chi connectivity index (χ4v) is 3.21. The first-order valence-corrected chi connectivity index (χ1v) is 8.98. The van der Waals surface area contributed by atoms with E-state index in [1.165, 1.54) is 24.3 Å². The first-order valence-electron chi connectivity index (χ1n) is 8.60. The third-order valence-corrected chi connectivity index (χ3v) is 4.80. The zero-order chi connectivity index (χ0) is 18.5. The zero-order valence-electron chi connectivity index (χ0n) is 14.3. The van der Waals surface area contributed by atoms with E-state index in [1.807, 2.05) is 12.1 Å². The summed E-state index contributed by atoms with van der Waals surface area (Å²) >= 11 is 5.86. The summed E-state index contributed by atoms with van der Waals surface area (Å²) in [5.74, 6) is -0.836. The number of likely N-dealkylation sites (tertiary alicyclic amines) is 1. The van der Waals surface area contributed by atoms with Gasteiger partial charge in [-0.3, -0.25) is 9.59 Å². The topological polar surface area (TPSA) is 49.4 Å². The largest absolute Gasteiger partial charge is 0.352 e. The number of hydrogen-bond donors (Lipinski definition) is 1. The number of rotatable bonds is 4. The van der Waals surface area contributed by atoms with Gasteiger partial charge in [0.05, 0.1) is 5.92 Å². The molecule has 6 heteroatoms. The molecule has 4 nitrogen and oxygen atoms in total. The average molecular weight is 375 g/mol.